The molecule has 1 atom stereocenters. The largest absolute Gasteiger partial charge is 0.481 e. The van der Waals surface area contributed by atoms with Crippen molar-refractivity contribution in [2.75, 3.05) is 7.05 Å². The van der Waals surface area contributed by atoms with Crippen LogP contribution in [0, 0.1) is 0 Å². The van der Waals surface area contributed by atoms with Crippen LogP contribution < -0.4 is 5.69 Å². The Labute approximate surface area is 208 Å². The maximum absolute atomic E-state index is 13.4. The van der Waals surface area contributed by atoms with Gasteiger partial charge in [0.05, 0.1) is 17.2 Å². The van der Waals surface area contributed by atoms with E-state index in [2.05, 4.69) is 9.50 Å². The summed E-state index contributed by atoms with van der Waals surface area (Å²) in [5.74, 6) is -0.643. The molecule has 1 aliphatic heterocycles. The Balaban J connectivity index is 1.49. The zero-order valence-corrected chi connectivity index (χ0v) is 20.9. The standard InChI is InChI=1S/C25H27N5O5S/c1-16(10-13-23(31)32)29-20-12-11-17(14-21(20)30(25(29)33)18-6-5-7-18)15-26-28(2)24-19-8-3-4-9-22(19)36(34,35)27-24/h3-4,8-9,11-12,14-16,18H,5-7,10,13H2,1-2H3,(H,31,32)/b26-15+. The highest BCUT2D eigenvalue weighted by atomic mass is 32.2. The van der Waals surface area contributed by atoms with Crippen molar-refractivity contribution >= 4 is 39.1 Å². The molecule has 1 N–H and O–H groups in total. The Morgan fingerprint density at radius 2 is 2.00 bits per heavy atom. The van der Waals surface area contributed by atoms with Gasteiger partial charge in [0.2, 0.25) is 0 Å². The second-order valence-electron chi connectivity index (χ2n) is 9.29. The van der Waals surface area contributed by atoms with E-state index in [1.165, 1.54) is 11.1 Å². The summed E-state index contributed by atoms with van der Waals surface area (Å²) in [5.41, 5.74) is 2.66. The molecule has 1 saturated carbocycles. The van der Waals surface area contributed by atoms with E-state index in [-0.39, 0.29) is 34.9 Å². The summed E-state index contributed by atoms with van der Waals surface area (Å²) in [6.07, 6.45) is 4.88. The molecule has 36 heavy (non-hydrogen) atoms. The van der Waals surface area contributed by atoms with Crippen LogP contribution >= 0.6 is 0 Å². The first-order chi connectivity index (χ1) is 17.2. The molecule has 3 aromatic rings. The molecule has 0 bridgehead atoms. The number of aromatic nitrogens is 2. The first kappa shape index (κ1) is 24.0. The van der Waals surface area contributed by atoms with E-state index >= 15 is 0 Å². The summed E-state index contributed by atoms with van der Waals surface area (Å²) in [5, 5.41) is 14.9. The van der Waals surface area contributed by atoms with Gasteiger partial charge < -0.3 is 5.11 Å². The lowest BCUT2D eigenvalue weighted by Crippen LogP contribution is -2.31. The fourth-order valence-electron chi connectivity index (χ4n) is 4.75. The topological polar surface area (TPSA) is 126 Å². The maximum atomic E-state index is 13.4. The minimum absolute atomic E-state index is 0.0104. The van der Waals surface area contributed by atoms with Crippen molar-refractivity contribution in [2.45, 2.75) is 56.0 Å². The van der Waals surface area contributed by atoms with Crippen LogP contribution in [0.3, 0.4) is 0 Å². The first-order valence-corrected chi connectivity index (χ1v) is 13.3. The monoisotopic (exact) mass is 509 g/mol. The summed E-state index contributed by atoms with van der Waals surface area (Å²) in [4.78, 5) is 24.6. The van der Waals surface area contributed by atoms with Gasteiger partial charge in [-0.05, 0) is 62.4 Å². The molecule has 5 rings (SSSR count). The zero-order chi connectivity index (χ0) is 25.6. The van der Waals surface area contributed by atoms with Gasteiger partial charge in [0.1, 0.15) is 4.90 Å². The second kappa shape index (κ2) is 9.05. The average Bonchev–Trinajstić information content (AvgIpc) is 3.25. The van der Waals surface area contributed by atoms with Crippen LogP contribution in [0.25, 0.3) is 11.0 Å². The molecule has 2 aromatic carbocycles. The van der Waals surface area contributed by atoms with E-state index in [9.17, 15) is 18.0 Å². The molecule has 0 spiro atoms. The number of sulfonamides is 1. The van der Waals surface area contributed by atoms with Crippen LogP contribution in [-0.2, 0) is 14.8 Å². The molecule has 11 heteroatoms. The number of carboxylic acids is 1. The summed E-state index contributed by atoms with van der Waals surface area (Å²) >= 11 is 0. The van der Waals surface area contributed by atoms with Crippen LogP contribution in [0.1, 0.15) is 62.2 Å². The molecule has 2 aliphatic rings. The molecule has 1 aromatic heterocycles. The minimum Gasteiger partial charge on any atom is -0.481 e. The Kier molecular flexibility index (Phi) is 6.03. The predicted molar refractivity (Wildman–Crippen MR) is 136 cm³/mol. The molecule has 1 aliphatic carbocycles. The van der Waals surface area contributed by atoms with Crippen molar-refractivity contribution < 1.29 is 18.3 Å². The number of benzene rings is 2. The van der Waals surface area contributed by atoms with E-state index in [1.807, 2.05) is 29.7 Å². The van der Waals surface area contributed by atoms with Crippen molar-refractivity contribution in [1.29, 1.82) is 0 Å². The second-order valence-corrected chi connectivity index (χ2v) is 10.9. The summed E-state index contributed by atoms with van der Waals surface area (Å²) in [6, 6.07) is 12.1. The van der Waals surface area contributed by atoms with E-state index in [1.54, 1.807) is 36.0 Å². The molecule has 1 unspecified atom stereocenters. The van der Waals surface area contributed by atoms with E-state index in [4.69, 9.17) is 5.11 Å². The number of imidazole rings is 1. The lowest BCUT2D eigenvalue weighted by molar-refractivity contribution is -0.137. The van der Waals surface area contributed by atoms with Gasteiger partial charge in [-0.1, -0.05) is 18.2 Å². The quantitative estimate of drug-likeness (QED) is 0.384. The molecule has 1 fully saturated rings. The number of hydrogen-bond donors (Lipinski definition) is 1. The first-order valence-electron chi connectivity index (χ1n) is 11.9. The van der Waals surface area contributed by atoms with Crippen LogP contribution in [0.5, 0.6) is 0 Å². The highest BCUT2D eigenvalue weighted by Crippen LogP contribution is 2.34. The van der Waals surface area contributed by atoms with E-state index in [0.717, 1.165) is 35.9 Å². The van der Waals surface area contributed by atoms with Gasteiger partial charge in [-0.25, -0.2) is 9.80 Å². The fraction of sp³-hybridized carbons (Fsp3) is 0.360. The number of fused-ring (bicyclic) bond motifs is 2. The Hall–Kier alpha value is -3.73. The highest BCUT2D eigenvalue weighted by molar-refractivity contribution is 7.90. The van der Waals surface area contributed by atoms with Crippen molar-refractivity contribution in [3.8, 4) is 0 Å². The molecule has 0 radical (unpaired) electrons. The molecule has 0 saturated heterocycles. The third-order valence-corrected chi connectivity index (χ3v) is 8.21. The third-order valence-electron chi connectivity index (χ3n) is 6.89. The number of carbonyl (C=O) groups is 1. The Morgan fingerprint density at radius 1 is 1.25 bits per heavy atom. The van der Waals surface area contributed by atoms with Crippen LogP contribution in [0.4, 0.5) is 0 Å². The van der Waals surface area contributed by atoms with E-state index in [0.29, 0.717) is 12.0 Å². The fourth-order valence-corrected chi connectivity index (χ4v) is 5.98. The number of aliphatic carboxylic acids is 1. The van der Waals surface area contributed by atoms with Gasteiger partial charge >= 0.3 is 11.7 Å². The highest BCUT2D eigenvalue weighted by Gasteiger charge is 2.30. The molecule has 188 valence electrons. The zero-order valence-electron chi connectivity index (χ0n) is 20.0. The molecule has 2 heterocycles. The number of amidine groups is 1. The van der Waals surface area contributed by atoms with Gasteiger partial charge in [0.15, 0.2) is 5.84 Å². The summed E-state index contributed by atoms with van der Waals surface area (Å²) in [6.45, 7) is 1.87. The Bertz CT molecular complexity index is 1580. The van der Waals surface area contributed by atoms with Gasteiger partial charge in [-0.3, -0.25) is 13.9 Å². The van der Waals surface area contributed by atoms with Gasteiger partial charge in [0, 0.05) is 31.1 Å². The number of hydrogen-bond acceptors (Lipinski definition) is 6. The van der Waals surface area contributed by atoms with Crippen molar-refractivity contribution in [1.82, 2.24) is 14.1 Å². The van der Waals surface area contributed by atoms with Crippen LogP contribution in [-0.4, -0.2) is 52.7 Å². The van der Waals surface area contributed by atoms with Crippen molar-refractivity contribution in [3.63, 3.8) is 0 Å². The van der Waals surface area contributed by atoms with E-state index < -0.39 is 16.0 Å². The number of nitrogens with zero attached hydrogens (tertiary/aromatic N) is 5. The molecule has 0 amide bonds. The maximum Gasteiger partial charge on any atom is 0.329 e. The predicted octanol–water partition coefficient (Wildman–Crippen LogP) is 3.37. The van der Waals surface area contributed by atoms with Gasteiger partial charge in [0.25, 0.3) is 10.0 Å². The average molecular weight is 510 g/mol. The van der Waals surface area contributed by atoms with Crippen LogP contribution in [0.15, 0.2) is 61.7 Å². The van der Waals surface area contributed by atoms with Gasteiger partial charge in [-0.15, -0.1) is 4.40 Å². The lowest BCUT2D eigenvalue weighted by atomic mass is 9.93. The van der Waals surface area contributed by atoms with Crippen LogP contribution in [0.2, 0.25) is 0 Å². The minimum atomic E-state index is -3.75. The third kappa shape index (κ3) is 4.13. The molecular weight excluding hydrogens is 482 g/mol. The Morgan fingerprint density at radius 3 is 2.69 bits per heavy atom. The molecule has 10 nitrogen and oxygen atoms in total. The number of carboxylic acid groups (broad SMARTS) is 1. The molecular formula is C25H27N5O5S. The summed E-state index contributed by atoms with van der Waals surface area (Å²) in [7, 11) is -2.11. The summed E-state index contributed by atoms with van der Waals surface area (Å²) < 4.78 is 32.1. The van der Waals surface area contributed by atoms with Crippen molar-refractivity contribution in [2.24, 2.45) is 9.50 Å². The SMILES string of the molecule is CC(CCC(=O)O)n1c(=O)n(C2CCC2)c2cc(/C=N/N(C)C3=NS(=O)(=O)c4ccccc43)ccc21. The smallest absolute Gasteiger partial charge is 0.329 e. The lowest BCUT2D eigenvalue weighted by Gasteiger charge is -2.26. The normalized spacial score (nSPS) is 17.7. The number of rotatable bonds is 7. The van der Waals surface area contributed by atoms with Crippen molar-refractivity contribution in [3.05, 3.63) is 64.1 Å². The van der Waals surface area contributed by atoms with Gasteiger partial charge in [-0.2, -0.15) is 13.5 Å². The number of hydrazone groups is 1.